The summed E-state index contributed by atoms with van der Waals surface area (Å²) in [6.07, 6.45) is 3.40. The average Bonchev–Trinajstić information content (AvgIpc) is 3.13. The van der Waals surface area contributed by atoms with Gasteiger partial charge in [-0.15, -0.1) is 0 Å². The van der Waals surface area contributed by atoms with Crippen molar-refractivity contribution in [1.82, 2.24) is 25.7 Å². The van der Waals surface area contributed by atoms with Gasteiger partial charge < -0.3 is 10.6 Å². The van der Waals surface area contributed by atoms with E-state index in [9.17, 15) is 24.0 Å². The van der Waals surface area contributed by atoms with Gasteiger partial charge in [0.05, 0.1) is 29.1 Å². The van der Waals surface area contributed by atoms with Gasteiger partial charge in [0.25, 0.3) is 11.8 Å². The lowest BCUT2D eigenvalue weighted by atomic mass is 9.92. The molecule has 3 heterocycles. The summed E-state index contributed by atoms with van der Waals surface area (Å²) in [4.78, 5) is 63.3. The van der Waals surface area contributed by atoms with Gasteiger partial charge in [-0.3, -0.25) is 29.4 Å². The van der Waals surface area contributed by atoms with Crippen LogP contribution in [0.5, 0.6) is 0 Å². The number of fused-ring (bicyclic) bond motifs is 1. The van der Waals surface area contributed by atoms with E-state index < -0.39 is 41.2 Å². The van der Waals surface area contributed by atoms with Crippen molar-refractivity contribution in [1.29, 1.82) is 0 Å². The van der Waals surface area contributed by atoms with Gasteiger partial charge in [0.1, 0.15) is 6.04 Å². The van der Waals surface area contributed by atoms with Gasteiger partial charge in [-0.05, 0) is 55.7 Å². The van der Waals surface area contributed by atoms with Crippen molar-refractivity contribution < 1.29 is 24.0 Å². The molecule has 0 bridgehead atoms. The standard InChI is InChI=1S/C27H24N6O5/c1-27(2,17-5-3-15(4-6-17)16-11-12-28-29-14-16)32-26(38)30-18-7-8-19-20(13-18)25(37)33(24(19)36)21-9-10-22(34)31-23(21)35/h3-8,11-14,21H,9-10H2,1-2H3,(H2,30,32,38)(H,31,34,35). The van der Waals surface area contributed by atoms with Crippen LogP contribution in [0.1, 0.15) is 53.0 Å². The number of rotatable bonds is 5. The van der Waals surface area contributed by atoms with Crippen LogP contribution in [0.2, 0.25) is 0 Å². The Hall–Kier alpha value is -4.93. The smallest absolute Gasteiger partial charge is 0.319 e. The van der Waals surface area contributed by atoms with Crippen LogP contribution in [-0.4, -0.2) is 50.8 Å². The first-order valence-corrected chi connectivity index (χ1v) is 12.0. The van der Waals surface area contributed by atoms with E-state index in [4.69, 9.17) is 0 Å². The van der Waals surface area contributed by atoms with E-state index in [1.807, 2.05) is 44.2 Å². The number of nitrogens with zero attached hydrogens (tertiary/aromatic N) is 3. The van der Waals surface area contributed by atoms with E-state index in [1.54, 1.807) is 12.4 Å². The molecule has 38 heavy (non-hydrogen) atoms. The lowest BCUT2D eigenvalue weighted by Crippen LogP contribution is -2.54. The van der Waals surface area contributed by atoms with E-state index in [0.29, 0.717) is 5.69 Å². The van der Waals surface area contributed by atoms with Crippen LogP contribution in [0.15, 0.2) is 60.9 Å². The second kappa shape index (κ2) is 9.51. The van der Waals surface area contributed by atoms with E-state index in [1.165, 1.54) is 18.2 Å². The molecule has 5 rings (SSSR count). The SMILES string of the molecule is CC(C)(NC(=O)Nc1ccc2c(c1)C(=O)N(C1CCC(=O)NC1=O)C2=O)c1ccc(-c2ccnnc2)cc1. The van der Waals surface area contributed by atoms with Gasteiger partial charge in [-0.2, -0.15) is 10.2 Å². The summed E-state index contributed by atoms with van der Waals surface area (Å²) in [6.45, 7) is 3.72. The summed E-state index contributed by atoms with van der Waals surface area (Å²) in [5.41, 5.74) is 2.55. The zero-order chi connectivity index (χ0) is 27.0. The highest BCUT2D eigenvalue weighted by molar-refractivity contribution is 6.23. The Bertz CT molecular complexity index is 1470. The molecule has 11 heteroatoms. The Kier molecular flexibility index (Phi) is 6.19. The zero-order valence-electron chi connectivity index (χ0n) is 20.6. The minimum Gasteiger partial charge on any atom is -0.329 e. The minimum atomic E-state index is -1.05. The Morgan fingerprint density at radius 3 is 2.37 bits per heavy atom. The molecule has 1 fully saturated rings. The van der Waals surface area contributed by atoms with Crippen molar-refractivity contribution in [3.05, 3.63) is 77.6 Å². The molecule has 0 aliphatic carbocycles. The molecule has 1 saturated heterocycles. The fraction of sp³-hybridized carbons (Fsp3) is 0.222. The van der Waals surface area contributed by atoms with Gasteiger partial charge in [0.15, 0.2) is 0 Å². The number of anilines is 1. The maximum atomic E-state index is 13.0. The normalized spacial score (nSPS) is 17.2. The number of benzene rings is 2. The summed E-state index contributed by atoms with van der Waals surface area (Å²) >= 11 is 0. The molecule has 2 aromatic carbocycles. The van der Waals surface area contributed by atoms with Crippen molar-refractivity contribution >= 4 is 35.3 Å². The van der Waals surface area contributed by atoms with Crippen LogP contribution in [0.4, 0.5) is 10.5 Å². The molecule has 0 saturated carbocycles. The molecule has 2 aliphatic rings. The molecular weight excluding hydrogens is 488 g/mol. The van der Waals surface area contributed by atoms with Crippen LogP contribution in [-0.2, 0) is 15.1 Å². The summed E-state index contributed by atoms with van der Waals surface area (Å²) in [5.74, 6) is -2.37. The number of amides is 6. The minimum absolute atomic E-state index is 0.0379. The Labute approximate surface area is 217 Å². The van der Waals surface area contributed by atoms with E-state index in [-0.39, 0.29) is 24.0 Å². The summed E-state index contributed by atoms with van der Waals surface area (Å²) < 4.78 is 0. The van der Waals surface area contributed by atoms with Crippen molar-refractivity contribution in [3.8, 4) is 11.1 Å². The van der Waals surface area contributed by atoms with Gasteiger partial charge in [0.2, 0.25) is 11.8 Å². The fourth-order valence-electron chi connectivity index (χ4n) is 4.61. The monoisotopic (exact) mass is 512 g/mol. The van der Waals surface area contributed by atoms with Crippen LogP contribution < -0.4 is 16.0 Å². The van der Waals surface area contributed by atoms with Crippen molar-refractivity contribution in [2.45, 2.75) is 38.3 Å². The predicted molar refractivity (Wildman–Crippen MR) is 136 cm³/mol. The highest BCUT2D eigenvalue weighted by atomic mass is 16.2. The second-order valence-corrected chi connectivity index (χ2v) is 9.62. The summed E-state index contributed by atoms with van der Waals surface area (Å²) in [7, 11) is 0. The number of urea groups is 1. The molecular formula is C27H24N6O5. The second-order valence-electron chi connectivity index (χ2n) is 9.62. The largest absolute Gasteiger partial charge is 0.329 e. The number of hydrogen-bond acceptors (Lipinski definition) is 7. The molecule has 3 N–H and O–H groups in total. The average molecular weight is 513 g/mol. The lowest BCUT2D eigenvalue weighted by molar-refractivity contribution is -0.136. The molecule has 192 valence electrons. The highest BCUT2D eigenvalue weighted by Gasteiger charge is 2.44. The maximum Gasteiger partial charge on any atom is 0.319 e. The molecule has 3 aromatic rings. The van der Waals surface area contributed by atoms with Crippen molar-refractivity contribution in [2.24, 2.45) is 0 Å². The molecule has 6 amide bonds. The van der Waals surface area contributed by atoms with Gasteiger partial charge in [-0.25, -0.2) is 4.79 Å². The molecule has 2 aliphatic heterocycles. The first-order chi connectivity index (χ1) is 18.1. The van der Waals surface area contributed by atoms with Crippen LogP contribution in [0.25, 0.3) is 11.1 Å². The third-order valence-corrected chi connectivity index (χ3v) is 6.65. The number of imide groups is 2. The number of piperidine rings is 1. The Morgan fingerprint density at radius 2 is 1.68 bits per heavy atom. The first kappa shape index (κ1) is 24.8. The van der Waals surface area contributed by atoms with Crippen LogP contribution >= 0.6 is 0 Å². The van der Waals surface area contributed by atoms with E-state index in [2.05, 4.69) is 26.1 Å². The molecule has 1 atom stereocenters. The first-order valence-electron chi connectivity index (χ1n) is 12.0. The maximum absolute atomic E-state index is 13.0. The number of nitrogens with one attached hydrogen (secondary N) is 3. The van der Waals surface area contributed by atoms with Gasteiger partial charge >= 0.3 is 6.03 Å². The zero-order valence-corrected chi connectivity index (χ0v) is 20.6. The number of carbonyl (C=O) groups excluding carboxylic acids is 5. The number of hydrogen-bond donors (Lipinski definition) is 3. The van der Waals surface area contributed by atoms with Gasteiger partial charge in [-0.1, -0.05) is 24.3 Å². The molecule has 1 unspecified atom stereocenters. The van der Waals surface area contributed by atoms with Crippen molar-refractivity contribution in [2.75, 3.05) is 5.32 Å². The molecule has 0 spiro atoms. The van der Waals surface area contributed by atoms with Crippen LogP contribution in [0, 0.1) is 0 Å². The fourth-order valence-corrected chi connectivity index (χ4v) is 4.61. The predicted octanol–water partition coefficient (Wildman–Crippen LogP) is 2.60. The van der Waals surface area contributed by atoms with E-state index >= 15 is 0 Å². The Morgan fingerprint density at radius 1 is 0.947 bits per heavy atom. The summed E-state index contributed by atoms with van der Waals surface area (Å²) in [5, 5.41) is 15.5. The third-order valence-electron chi connectivity index (χ3n) is 6.65. The lowest BCUT2D eigenvalue weighted by Gasteiger charge is -2.27. The van der Waals surface area contributed by atoms with E-state index in [0.717, 1.165) is 21.6 Å². The number of carbonyl (C=O) groups is 5. The molecule has 1 aromatic heterocycles. The quantitative estimate of drug-likeness (QED) is 0.445. The number of aromatic nitrogens is 2. The van der Waals surface area contributed by atoms with Crippen LogP contribution in [0.3, 0.4) is 0 Å². The molecule has 0 radical (unpaired) electrons. The third kappa shape index (κ3) is 4.61. The van der Waals surface area contributed by atoms with Gasteiger partial charge in [0, 0.05) is 17.7 Å². The Balaban J connectivity index is 1.27. The van der Waals surface area contributed by atoms with Crippen molar-refractivity contribution in [3.63, 3.8) is 0 Å². The summed E-state index contributed by atoms with van der Waals surface area (Å²) in [6, 6.07) is 12.4. The molecule has 11 nitrogen and oxygen atoms in total. The highest BCUT2D eigenvalue weighted by Crippen LogP contribution is 2.30. The topological polar surface area (TPSA) is 150 Å².